The summed E-state index contributed by atoms with van der Waals surface area (Å²) in [5.74, 6) is -2.91. The van der Waals surface area contributed by atoms with Crippen LogP contribution in [0, 0.1) is 0 Å². The van der Waals surface area contributed by atoms with E-state index in [1.807, 2.05) is 12.1 Å². The monoisotopic (exact) mass is 304 g/mol. The number of ketones is 1. The van der Waals surface area contributed by atoms with Crippen molar-refractivity contribution in [1.82, 2.24) is 0 Å². The highest BCUT2D eigenvalue weighted by molar-refractivity contribution is 5.78. The minimum Gasteiger partial charge on any atom is -0.370 e. The number of carbonyl (C=O) groups excluding carboxylic acids is 1. The molecule has 4 heteroatoms. The van der Waals surface area contributed by atoms with Crippen LogP contribution in [-0.2, 0) is 28.5 Å². The van der Waals surface area contributed by atoms with Crippen LogP contribution in [0.25, 0.3) is 0 Å². The number of rotatable bonds is 7. The molecule has 0 fully saturated rings. The molecule has 0 aliphatic heterocycles. The Labute approximate surface area is 128 Å². The van der Waals surface area contributed by atoms with Crippen molar-refractivity contribution < 1.29 is 18.3 Å². The van der Waals surface area contributed by atoms with Crippen LogP contribution in [-0.4, -0.2) is 12.4 Å². The van der Waals surface area contributed by atoms with E-state index in [0.717, 1.165) is 11.1 Å². The van der Waals surface area contributed by atoms with Crippen molar-refractivity contribution in [2.75, 3.05) is 6.61 Å². The molecule has 0 aliphatic rings. The lowest BCUT2D eigenvalue weighted by Crippen LogP contribution is -2.20. The second-order valence-electron chi connectivity index (χ2n) is 5.26. The lowest BCUT2D eigenvalue weighted by molar-refractivity contribution is -0.116. The molecule has 0 saturated carbocycles. The Kier molecular flexibility index (Phi) is 5.39. The largest absolute Gasteiger partial charge is 0.370 e. The topological polar surface area (TPSA) is 26.3 Å². The maximum Gasteiger partial charge on any atom is 0.296 e. The summed E-state index contributed by atoms with van der Waals surface area (Å²) in [6.45, 7) is 0.984. The van der Waals surface area contributed by atoms with Gasteiger partial charge in [0.2, 0.25) is 0 Å². The quantitative estimate of drug-likeness (QED) is 0.769. The molecule has 0 aromatic heterocycles. The number of carbonyl (C=O) groups is 1. The van der Waals surface area contributed by atoms with Gasteiger partial charge in [-0.15, -0.1) is 0 Å². The summed E-state index contributed by atoms with van der Waals surface area (Å²) < 4.78 is 33.0. The van der Waals surface area contributed by atoms with Crippen molar-refractivity contribution >= 4 is 5.78 Å². The molecule has 0 radical (unpaired) electrons. The fraction of sp³-hybridized carbons (Fsp3) is 0.278. The first-order chi connectivity index (χ1) is 10.5. The van der Waals surface area contributed by atoms with Gasteiger partial charge in [0.05, 0.1) is 6.61 Å². The summed E-state index contributed by atoms with van der Waals surface area (Å²) in [6.07, 6.45) is 0.382. The van der Waals surface area contributed by atoms with Gasteiger partial charge in [-0.2, -0.15) is 8.78 Å². The maximum absolute atomic E-state index is 13.9. The van der Waals surface area contributed by atoms with E-state index in [4.69, 9.17) is 4.74 Å². The van der Waals surface area contributed by atoms with E-state index >= 15 is 0 Å². The van der Waals surface area contributed by atoms with Crippen molar-refractivity contribution in [1.29, 1.82) is 0 Å². The first kappa shape index (κ1) is 16.3. The highest BCUT2D eigenvalue weighted by atomic mass is 19.3. The van der Waals surface area contributed by atoms with E-state index in [0.29, 0.717) is 6.42 Å². The normalized spacial score (nSPS) is 11.4. The molecule has 0 spiro atoms. The van der Waals surface area contributed by atoms with Gasteiger partial charge in [0, 0.05) is 12.0 Å². The highest BCUT2D eigenvalue weighted by Gasteiger charge is 2.31. The third-order valence-electron chi connectivity index (χ3n) is 3.22. The standard InChI is InChI=1S/C18H18F2O2/c1-14(21)11-15-7-9-16(10-8-15)12-22-13-18(19,20)17-5-3-2-4-6-17/h2-10H,11-13H2,1H3. The summed E-state index contributed by atoms with van der Waals surface area (Å²) in [7, 11) is 0. The van der Waals surface area contributed by atoms with Gasteiger partial charge in [-0.25, -0.2) is 0 Å². The summed E-state index contributed by atoms with van der Waals surface area (Å²) >= 11 is 0. The zero-order valence-electron chi connectivity index (χ0n) is 12.4. The number of Topliss-reactive ketones (excluding diaryl/α,β-unsaturated/α-hetero) is 1. The van der Waals surface area contributed by atoms with Crippen LogP contribution in [0.4, 0.5) is 8.78 Å². The molecule has 0 aliphatic carbocycles. The molecule has 0 saturated heterocycles. The lowest BCUT2D eigenvalue weighted by Gasteiger charge is -2.16. The van der Waals surface area contributed by atoms with Crippen molar-refractivity contribution in [2.24, 2.45) is 0 Å². The molecule has 0 N–H and O–H groups in total. The predicted octanol–water partition coefficient (Wildman–Crippen LogP) is 4.13. The summed E-state index contributed by atoms with van der Waals surface area (Å²) in [5, 5.41) is 0. The molecule has 2 rings (SSSR count). The van der Waals surface area contributed by atoms with Crippen LogP contribution < -0.4 is 0 Å². The molecule has 22 heavy (non-hydrogen) atoms. The van der Waals surface area contributed by atoms with Crippen molar-refractivity contribution in [3.8, 4) is 0 Å². The molecule has 0 amide bonds. The van der Waals surface area contributed by atoms with Gasteiger partial charge in [-0.05, 0) is 18.1 Å². The zero-order chi connectivity index (χ0) is 16.0. The summed E-state index contributed by atoms with van der Waals surface area (Å²) in [5.41, 5.74) is 1.66. The second kappa shape index (κ2) is 7.27. The van der Waals surface area contributed by atoms with Crippen LogP contribution >= 0.6 is 0 Å². The smallest absolute Gasteiger partial charge is 0.296 e. The maximum atomic E-state index is 13.9. The van der Waals surface area contributed by atoms with Gasteiger partial charge in [0.15, 0.2) is 0 Å². The van der Waals surface area contributed by atoms with Gasteiger partial charge < -0.3 is 4.74 Å². The average molecular weight is 304 g/mol. The lowest BCUT2D eigenvalue weighted by atomic mass is 10.1. The number of halogens is 2. The second-order valence-corrected chi connectivity index (χ2v) is 5.26. The van der Waals surface area contributed by atoms with Gasteiger partial charge in [-0.1, -0.05) is 54.6 Å². The Balaban J connectivity index is 1.87. The SMILES string of the molecule is CC(=O)Cc1ccc(COCC(F)(F)c2ccccc2)cc1. The number of hydrogen-bond acceptors (Lipinski definition) is 2. The third-order valence-corrected chi connectivity index (χ3v) is 3.22. The first-order valence-electron chi connectivity index (χ1n) is 7.06. The Morgan fingerprint density at radius 2 is 1.59 bits per heavy atom. The van der Waals surface area contributed by atoms with Gasteiger partial charge >= 0.3 is 0 Å². The van der Waals surface area contributed by atoms with Crippen LogP contribution in [0.5, 0.6) is 0 Å². The molecule has 2 aromatic rings. The molecule has 0 atom stereocenters. The number of alkyl halides is 2. The summed E-state index contributed by atoms with van der Waals surface area (Å²) in [6, 6.07) is 14.8. The van der Waals surface area contributed by atoms with E-state index in [-0.39, 0.29) is 18.0 Å². The molecule has 0 bridgehead atoms. The fourth-order valence-electron chi connectivity index (χ4n) is 2.10. The van der Waals surface area contributed by atoms with Crippen molar-refractivity contribution in [2.45, 2.75) is 25.9 Å². The van der Waals surface area contributed by atoms with Crippen LogP contribution in [0.2, 0.25) is 0 Å². The van der Waals surface area contributed by atoms with Gasteiger partial charge in [-0.3, -0.25) is 4.79 Å². The molecular weight excluding hydrogens is 286 g/mol. The fourth-order valence-corrected chi connectivity index (χ4v) is 2.10. The summed E-state index contributed by atoms with van der Waals surface area (Å²) in [4.78, 5) is 11.0. The number of hydrogen-bond donors (Lipinski definition) is 0. The predicted molar refractivity (Wildman–Crippen MR) is 80.8 cm³/mol. The Morgan fingerprint density at radius 3 is 2.18 bits per heavy atom. The van der Waals surface area contributed by atoms with Crippen LogP contribution in [0.3, 0.4) is 0 Å². The molecule has 0 unspecified atom stereocenters. The molecule has 116 valence electrons. The third kappa shape index (κ3) is 4.74. The molecule has 2 nitrogen and oxygen atoms in total. The average Bonchev–Trinajstić information content (AvgIpc) is 2.49. The zero-order valence-corrected chi connectivity index (χ0v) is 12.4. The van der Waals surface area contributed by atoms with Gasteiger partial charge in [0.1, 0.15) is 12.4 Å². The van der Waals surface area contributed by atoms with E-state index in [9.17, 15) is 13.6 Å². The number of ether oxygens (including phenoxy) is 1. The highest BCUT2D eigenvalue weighted by Crippen LogP contribution is 2.28. The van der Waals surface area contributed by atoms with Crippen molar-refractivity contribution in [3.63, 3.8) is 0 Å². The van der Waals surface area contributed by atoms with E-state index < -0.39 is 12.5 Å². The van der Waals surface area contributed by atoms with Crippen LogP contribution in [0.1, 0.15) is 23.6 Å². The first-order valence-corrected chi connectivity index (χ1v) is 7.06. The minimum absolute atomic E-state index is 0.0493. The Hall–Kier alpha value is -2.07. The van der Waals surface area contributed by atoms with E-state index in [2.05, 4.69) is 0 Å². The van der Waals surface area contributed by atoms with Crippen molar-refractivity contribution in [3.05, 3.63) is 71.3 Å². The molecular formula is C18H18F2O2. The number of benzene rings is 2. The molecule has 0 heterocycles. The Bertz CT molecular complexity index is 607. The van der Waals surface area contributed by atoms with Crippen LogP contribution in [0.15, 0.2) is 54.6 Å². The van der Waals surface area contributed by atoms with Gasteiger partial charge in [0.25, 0.3) is 5.92 Å². The molecule has 2 aromatic carbocycles. The minimum atomic E-state index is -3.00. The van der Waals surface area contributed by atoms with E-state index in [1.165, 1.54) is 19.1 Å². The Morgan fingerprint density at radius 1 is 1.00 bits per heavy atom. The van der Waals surface area contributed by atoms with E-state index in [1.54, 1.807) is 30.3 Å².